The van der Waals surface area contributed by atoms with Crippen LogP contribution in [0.4, 0.5) is 16.0 Å². The smallest absolute Gasteiger partial charge is 0.320 e. The van der Waals surface area contributed by atoms with Crippen LogP contribution in [0.25, 0.3) is 21.5 Å². The Kier molecular flexibility index (Phi) is 3.83. The zero-order chi connectivity index (χ0) is 19.3. The zero-order valence-corrected chi connectivity index (χ0v) is 15.3. The molecule has 140 valence electrons. The lowest BCUT2D eigenvalue weighted by molar-refractivity contribution is -0.765. The van der Waals surface area contributed by atoms with Crippen molar-refractivity contribution in [3.05, 3.63) is 53.3 Å². The van der Waals surface area contributed by atoms with E-state index in [1.165, 1.54) is 23.5 Å². The number of aromatic nitrogens is 3. The largest absolute Gasteiger partial charge is 0.857 e. The Balaban J connectivity index is 1.51. The number of benzene rings is 1. The first-order valence-corrected chi connectivity index (χ1v) is 9.49. The molecule has 0 aliphatic heterocycles. The van der Waals surface area contributed by atoms with Gasteiger partial charge in [-0.15, -0.1) is 11.3 Å². The van der Waals surface area contributed by atoms with Crippen molar-refractivity contribution in [2.24, 2.45) is 4.99 Å². The van der Waals surface area contributed by atoms with Crippen LogP contribution < -0.4 is 15.5 Å². The van der Waals surface area contributed by atoms with Gasteiger partial charge in [0, 0.05) is 29.7 Å². The van der Waals surface area contributed by atoms with E-state index in [2.05, 4.69) is 15.2 Å². The normalized spacial score (nSPS) is 14.7. The average Bonchev–Trinajstić information content (AvgIpc) is 3.36. The molecule has 4 aromatic rings. The Hall–Kier alpha value is -3.33. The Morgan fingerprint density at radius 3 is 2.79 bits per heavy atom. The molecule has 0 amide bonds. The third-order valence-electron chi connectivity index (χ3n) is 4.53. The molecule has 0 saturated heterocycles. The third kappa shape index (κ3) is 2.99. The molecule has 7 nitrogen and oxygen atoms in total. The average molecular weight is 395 g/mol. The molecule has 2 N–H and O–H groups in total. The summed E-state index contributed by atoms with van der Waals surface area (Å²) < 4.78 is 19.9. The maximum absolute atomic E-state index is 13.1. The molecule has 1 aliphatic rings. The van der Waals surface area contributed by atoms with Crippen LogP contribution >= 0.6 is 11.3 Å². The number of pyridine rings is 1. The standard InChI is InChI=1S/C19H14FN5O2S/c20-11-3-1-10(2-4-11)14-8-7-13-16(21)17(28-19(13)22-14)18(26)23-15-9-25(24-27-15)12-5-6-12/h1-4,7-9,12H,5-6H2,(H2-,21,23,24,26). The molecule has 0 unspecified atom stereocenters. The Morgan fingerprint density at radius 2 is 2.04 bits per heavy atom. The van der Waals surface area contributed by atoms with E-state index in [9.17, 15) is 9.50 Å². The van der Waals surface area contributed by atoms with Crippen LogP contribution in [0.1, 0.15) is 23.8 Å². The van der Waals surface area contributed by atoms with Crippen molar-refractivity contribution < 1.29 is 18.7 Å². The molecule has 3 heterocycles. The van der Waals surface area contributed by atoms with E-state index in [-0.39, 0.29) is 11.7 Å². The summed E-state index contributed by atoms with van der Waals surface area (Å²) >= 11 is 1.17. The van der Waals surface area contributed by atoms with Crippen LogP contribution in [0, 0.1) is 5.82 Å². The number of aliphatic imine (C=N–C) groups is 1. The van der Waals surface area contributed by atoms with E-state index in [1.54, 1.807) is 35.1 Å². The SMILES string of the molecule is Nc1c(/C([O-])=N/c2c[n+](C3CC3)no2)sc2nc(-c3ccc(F)cc3)ccc12. The Morgan fingerprint density at radius 1 is 1.25 bits per heavy atom. The van der Waals surface area contributed by atoms with E-state index in [0.29, 0.717) is 32.5 Å². The number of nitrogen functional groups attached to an aromatic ring is 1. The molecule has 3 aromatic heterocycles. The molecule has 0 atom stereocenters. The first-order chi connectivity index (χ1) is 13.6. The first-order valence-electron chi connectivity index (χ1n) is 8.67. The second kappa shape index (κ2) is 6.38. The molecule has 1 aliphatic carbocycles. The Bertz CT molecular complexity index is 1210. The molecule has 0 radical (unpaired) electrons. The van der Waals surface area contributed by atoms with Gasteiger partial charge in [0.05, 0.1) is 16.3 Å². The second-order valence-corrected chi connectivity index (χ2v) is 7.57. The molecular formula is C19H14FN5O2S. The van der Waals surface area contributed by atoms with Crippen LogP contribution in [-0.2, 0) is 0 Å². The number of hydrogen-bond acceptors (Lipinski definition) is 7. The molecule has 0 spiro atoms. The topological polar surface area (TPSA) is 104 Å². The molecule has 1 saturated carbocycles. The van der Waals surface area contributed by atoms with Gasteiger partial charge in [-0.2, -0.15) is 0 Å². The minimum absolute atomic E-state index is 0.147. The number of halogens is 1. The molecule has 0 bridgehead atoms. The fourth-order valence-electron chi connectivity index (χ4n) is 2.90. The van der Waals surface area contributed by atoms with Crippen LogP contribution in [0.2, 0.25) is 0 Å². The lowest BCUT2D eigenvalue weighted by Gasteiger charge is -2.06. The number of nitrogens with two attached hydrogens (primary N) is 1. The molecule has 5 rings (SSSR count). The fraction of sp³-hybridized carbons (Fsp3) is 0.158. The maximum atomic E-state index is 13.1. The summed E-state index contributed by atoms with van der Waals surface area (Å²) in [5.41, 5.74) is 7.94. The summed E-state index contributed by atoms with van der Waals surface area (Å²) in [7, 11) is 0. The van der Waals surface area contributed by atoms with Gasteiger partial charge >= 0.3 is 5.88 Å². The van der Waals surface area contributed by atoms with Gasteiger partial charge in [0.2, 0.25) is 5.27 Å². The van der Waals surface area contributed by atoms with Crippen molar-refractivity contribution in [1.82, 2.24) is 10.3 Å². The summed E-state index contributed by atoms with van der Waals surface area (Å²) in [6.45, 7) is 0. The highest BCUT2D eigenvalue weighted by Gasteiger charge is 2.35. The second-order valence-electron chi connectivity index (χ2n) is 6.57. The molecular weight excluding hydrogens is 381 g/mol. The van der Waals surface area contributed by atoms with E-state index in [1.807, 2.05) is 0 Å². The van der Waals surface area contributed by atoms with Crippen molar-refractivity contribution in [1.29, 1.82) is 0 Å². The van der Waals surface area contributed by atoms with Crippen molar-refractivity contribution in [2.45, 2.75) is 18.9 Å². The minimum atomic E-state index is -0.497. The minimum Gasteiger partial charge on any atom is -0.857 e. The number of thiophene rings is 1. The monoisotopic (exact) mass is 395 g/mol. The number of hydrogen-bond donors (Lipinski definition) is 1. The summed E-state index contributed by atoms with van der Waals surface area (Å²) in [5.74, 6) is -0.660. The maximum Gasteiger partial charge on any atom is 0.320 e. The van der Waals surface area contributed by atoms with Gasteiger partial charge in [0.15, 0.2) is 6.04 Å². The van der Waals surface area contributed by atoms with E-state index in [0.717, 1.165) is 18.4 Å². The van der Waals surface area contributed by atoms with Gasteiger partial charge < -0.3 is 10.8 Å². The van der Waals surface area contributed by atoms with E-state index in [4.69, 9.17) is 10.3 Å². The van der Waals surface area contributed by atoms with E-state index >= 15 is 0 Å². The van der Waals surface area contributed by atoms with Gasteiger partial charge in [-0.05, 0) is 41.1 Å². The molecule has 1 fully saturated rings. The van der Waals surface area contributed by atoms with Crippen molar-refractivity contribution in [2.75, 3.05) is 5.73 Å². The lowest BCUT2D eigenvalue weighted by Crippen LogP contribution is -2.32. The van der Waals surface area contributed by atoms with Crippen molar-refractivity contribution in [3.63, 3.8) is 0 Å². The molecule has 1 aromatic carbocycles. The predicted molar refractivity (Wildman–Crippen MR) is 101 cm³/mol. The summed E-state index contributed by atoms with van der Waals surface area (Å²) in [6, 6.07) is 10.00. The van der Waals surface area contributed by atoms with Crippen molar-refractivity contribution >= 4 is 39.0 Å². The first kappa shape index (κ1) is 16.8. The number of rotatable bonds is 4. The Labute approximate surface area is 162 Å². The summed E-state index contributed by atoms with van der Waals surface area (Å²) in [6.07, 6.45) is 3.72. The van der Waals surface area contributed by atoms with Gasteiger partial charge in [-0.25, -0.2) is 14.4 Å². The zero-order valence-electron chi connectivity index (χ0n) is 14.5. The van der Waals surface area contributed by atoms with Gasteiger partial charge in [0.25, 0.3) is 6.20 Å². The number of anilines is 1. The van der Waals surface area contributed by atoms with Crippen molar-refractivity contribution in [3.8, 4) is 11.3 Å². The quantitative estimate of drug-likeness (QED) is 0.325. The van der Waals surface area contributed by atoms with Crippen LogP contribution in [0.15, 0.2) is 52.1 Å². The number of nitrogens with zero attached hydrogens (tertiary/aromatic N) is 4. The highest BCUT2D eigenvalue weighted by Crippen LogP contribution is 2.34. The van der Waals surface area contributed by atoms with Crippen LogP contribution in [0.5, 0.6) is 0 Å². The fourth-order valence-corrected chi connectivity index (χ4v) is 3.88. The number of fused-ring (bicyclic) bond motifs is 1. The highest BCUT2D eigenvalue weighted by molar-refractivity contribution is 7.21. The highest BCUT2D eigenvalue weighted by atomic mass is 32.1. The molecule has 9 heteroatoms. The van der Waals surface area contributed by atoms with Gasteiger partial charge in [-0.1, -0.05) is 0 Å². The predicted octanol–water partition coefficient (Wildman–Crippen LogP) is 2.73. The van der Waals surface area contributed by atoms with Gasteiger partial charge in [-0.3, -0.25) is 4.52 Å². The summed E-state index contributed by atoms with van der Waals surface area (Å²) in [4.78, 5) is 9.46. The lowest BCUT2D eigenvalue weighted by atomic mass is 10.1. The van der Waals surface area contributed by atoms with Crippen LogP contribution in [-0.4, -0.2) is 16.2 Å². The van der Waals surface area contributed by atoms with Gasteiger partial charge in [0.1, 0.15) is 10.6 Å². The summed E-state index contributed by atoms with van der Waals surface area (Å²) in [5, 5.41) is 17.1. The third-order valence-corrected chi connectivity index (χ3v) is 5.64. The molecule has 28 heavy (non-hydrogen) atoms. The van der Waals surface area contributed by atoms with E-state index < -0.39 is 5.90 Å². The van der Waals surface area contributed by atoms with Crippen LogP contribution in [0.3, 0.4) is 0 Å².